The van der Waals surface area contributed by atoms with Gasteiger partial charge in [-0.25, -0.2) is 4.98 Å². The van der Waals surface area contributed by atoms with Gasteiger partial charge in [-0.15, -0.1) is 0 Å². The van der Waals surface area contributed by atoms with Crippen molar-refractivity contribution >= 4 is 39.5 Å². The summed E-state index contributed by atoms with van der Waals surface area (Å²) in [6.45, 7) is -0.125. The maximum absolute atomic E-state index is 13.6. The van der Waals surface area contributed by atoms with Gasteiger partial charge in [-0.05, 0) is 48.0 Å². The number of nitro groups is 2. The molecule has 0 N–H and O–H groups in total. The van der Waals surface area contributed by atoms with E-state index in [2.05, 4.69) is 10.1 Å². The molecule has 0 aliphatic carbocycles. The van der Waals surface area contributed by atoms with Crippen molar-refractivity contribution in [3.8, 4) is 23.1 Å². The van der Waals surface area contributed by atoms with Gasteiger partial charge in [-0.1, -0.05) is 30.3 Å². The summed E-state index contributed by atoms with van der Waals surface area (Å²) in [7, 11) is 1.54. The Bertz CT molecular complexity index is 2170. The van der Waals surface area contributed by atoms with Gasteiger partial charge in [0.15, 0.2) is 11.5 Å². The summed E-state index contributed by atoms with van der Waals surface area (Å²) in [5.41, 5.74) is 0.788. The number of non-ortho nitro benzene ring substituents is 1. The number of methoxy groups -OCH3 is 1. The largest absolute Gasteiger partial charge is 0.496 e. The van der Waals surface area contributed by atoms with E-state index in [4.69, 9.17) is 13.9 Å². The van der Waals surface area contributed by atoms with Crippen LogP contribution in [0.5, 0.6) is 11.5 Å². The second-order valence-electron chi connectivity index (χ2n) is 9.50. The lowest BCUT2D eigenvalue weighted by Crippen LogP contribution is -2.20. The third-order valence-electron chi connectivity index (χ3n) is 6.73. The Morgan fingerprint density at radius 2 is 1.73 bits per heavy atom. The number of furan rings is 1. The van der Waals surface area contributed by atoms with E-state index in [-0.39, 0.29) is 35.3 Å². The van der Waals surface area contributed by atoms with Crippen LogP contribution in [0.25, 0.3) is 33.5 Å². The number of hydrogen-bond donors (Lipinski definition) is 0. The van der Waals surface area contributed by atoms with Crippen molar-refractivity contribution in [1.29, 1.82) is 0 Å². The molecular weight excluding hydrogens is 570 g/mol. The number of hydrogen-bond acceptors (Lipinski definition) is 10. The Labute approximate surface area is 247 Å². The van der Waals surface area contributed by atoms with E-state index < -0.39 is 15.4 Å². The first-order valence-corrected chi connectivity index (χ1v) is 13.1. The number of aromatic nitrogens is 2. The van der Waals surface area contributed by atoms with Crippen molar-refractivity contribution in [3.63, 3.8) is 0 Å². The van der Waals surface area contributed by atoms with Gasteiger partial charge in [0.1, 0.15) is 17.9 Å². The molecular formula is C31H21N5O8. The molecule has 0 spiro atoms. The van der Waals surface area contributed by atoms with Crippen molar-refractivity contribution < 1.29 is 23.7 Å². The smallest absolute Gasteiger partial charge is 0.311 e. The Morgan fingerprint density at radius 3 is 2.52 bits per heavy atom. The highest BCUT2D eigenvalue weighted by atomic mass is 16.6. The number of benzene rings is 4. The molecule has 0 radical (unpaired) electrons. The van der Waals surface area contributed by atoms with E-state index in [0.717, 1.165) is 4.68 Å². The number of ether oxygens (including phenoxy) is 2. The Kier molecular flexibility index (Phi) is 7.25. The van der Waals surface area contributed by atoms with Crippen molar-refractivity contribution in [1.82, 2.24) is 9.66 Å². The van der Waals surface area contributed by atoms with E-state index in [1.807, 2.05) is 0 Å². The Balaban J connectivity index is 1.37. The average molecular weight is 592 g/mol. The van der Waals surface area contributed by atoms with Gasteiger partial charge >= 0.3 is 5.69 Å². The number of fused-ring (bicyclic) bond motifs is 2. The van der Waals surface area contributed by atoms with Gasteiger partial charge in [0.05, 0.1) is 39.5 Å². The van der Waals surface area contributed by atoms with Gasteiger partial charge in [-0.2, -0.15) is 9.78 Å². The van der Waals surface area contributed by atoms with Crippen molar-refractivity contribution in [2.24, 2.45) is 5.10 Å². The minimum absolute atomic E-state index is 0.0416. The van der Waals surface area contributed by atoms with E-state index in [9.17, 15) is 25.0 Å². The molecule has 6 aromatic rings. The Hall–Kier alpha value is -6.37. The second kappa shape index (κ2) is 11.5. The van der Waals surface area contributed by atoms with Gasteiger partial charge in [0.2, 0.25) is 5.82 Å². The summed E-state index contributed by atoms with van der Waals surface area (Å²) in [5, 5.41) is 28.3. The van der Waals surface area contributed by atoms with Crippen LogP contribution in [-0.4, -0.2) is 32.8 Å². The zero-order valence-electron chi connectivity index (χ0n) is 22.9. The zero-order chi connectivity index (χ0) is 30.8. The number of rotatable bonds is 9. The molecule has 0 saturated heterocycles. The molecule has 0 atom stereocenters. The molecule has 0 aliphatic rings. The predicted octanol–water partition coefficient (Wildman–Crippen LogP) is 6.10. The van der Waals surface area contributed by atoms with Crippen molar-refractivity contribution in [2.45, 2.75) is 6.61 Å². The Morgan fingerprint density at radius 1 is 0.909 bits per heavy atom. The molecule has 0 bridgehead atoms. The molecule has 0 amide bonds. The van der Waals surface area contributed by atoms with Crippen LogP contribution >= 0.6 is 0 Å². The molecule has 0 aliphatic heterocycles. The summed E-state index contributed by atoms with van der Waals surface area (Å²) >= 11 is 0. The fourth-order valence-electron chi connectivity index (χ4n) is 4.64. The second-order valence-corrected chi connectivity index (χ2v) is 9.50. The van der Waals surface area contributed by atoms with Crippen LogP contribution in [0.2, 0.25) is 0 Å². The van der Waals surface area contributed by atoms with Crippen LogP contribution in [0.4, 0.5) is 11.4 Å². The molecule has 218 valence electrons. The lowest BCUT2D eigenvalue weighted by Gasteiger charge is -2.08. The van der Waals surface area contributed by atoms with Crippen LogP contribution in [0, 0.1) is 20.2 Å². The number of nitrogens with zero attached hydrogens (tertiary/aromatic N) is 5. The normalized spacial score (nSPS) is 11.3. The lowest BCUT2D eigenvalue weighted by molar-refractivity contribution is -0.386. The van der Waals surface area contributed by atoms with Gasteiger partial charge in [0, 0.05) is 23.8 Å². The average Bonchev–Trinajstić information content (AvgIpc) is 3.48. The maximum Gasteiger partial charge on any atom is 0.311 e. The SMILES string of the molecule is COc1cccc2oc(-c3nc4ccccc4c(=O)n3N=Cc3ccc(OCc4cccc([N+](=O)[O-])c4)c([N+](=O)[O-])c3)cc12. The fraction of sp³-hybridized carbons (Fsp3) is 0.0645. The summed E-state index contributed by atoms with van der Waals surface area (Å²) in [4.78, 5) is 40.0. The maximum atomic E-state index is 13.6. The first-order valence-electron chi connectivity index (χ1n) is 13.1. The molecule has 4 aromatic carbocycles. The molecule has 0 fully saturated rings. The minimum atomic E-state index is -0.614. The quantitative estimate of drug-likeness (QED) is 0.110. The molecule has 13 heteroatoms. The summed E-state index contributed by atoms with van der Waals surface area (Å²) < 4.78 is 18.2. The number of nitro benzene ring substituents is 2. The molecule has 13 nitrogen and oxygen atoms in total. The van der Waals surface area contributed by atoms with E-state index in [0.29, 0.717) is 38.7 Å². The molecule has 2 heterocycles. The minimum Gasteiger partial charge on any atom is -0.496 e. The first-order chi connectivity index (χ1) is 21.3. The van der Waals surface area contributed by atoms with Gasteiger partial charge < -0.3 is 13.9 Å². The van der Waals surface area contributed by atoms with Crippen molar-refractivity contribution in [3.05, 3.63) is 133 Å². The van der Waals surface area contributed by atoms with Crippen LogP contribution < -0.4 is 15.0 Å². The summed E-state index contributed by atoms with van der Waals surface area (Å²) in [6, 6.07) is 23.8. The van der Waals surface area contributed by atoms with E-state index >= 15 is 0 Å². The van der Waals surface area contributed by atoms with E-state index in [1.54, 1.807) is 61.7 Å². The van der Waals surface area contributed by atoms with Gasteiger partial charge in [0.25, 0.3) is 11.2 Å². The van der Waals surface area contributed by atoms with Gasteiger partial charge in [-0.3, -0.25) is 25.0 Å². The highest BCUT2D eigenvalue weighted by molar-refractivity contribution is 5.89. The van der Waals surface area contributed by atoms with E-state index in [1.165, 1.54) is 42.6 Å². The lowest BCUT2D eigenvalue weighted by atomic mass is 10.2. The fourth-order valence-corrected chi connectivity index (χ4v) is 4.64. The summed E-state index contributed by atoms with van der Waals surface area (Å²) in [5.74, 6) is 0.922. The third kappa shape index (κ3) is 5.32. The third-order valence-corrected chi connectivity index (χ3v) is 6.73. The summed E-state index contributed by atoms with van der Waals surface area (Å²) in [6.07, 6.45) is 1.29. The van der Waals surface area contributed by atoms with Crippen molar-refractivity contribution in [2.75, 3.05) is 7.11 Å². The molecule has 2 aromatic heterocycles. The van der Waals surface area contributed by atoms with Crippen LogP contribution in [0.1, 0.15) is 11.1 Å². The van der Waals surface area contributed by atoms with Crippen LogP contribution in [0.3, 0.4) is 0 Å². The molecule has 0 unspecified atom stereocenters. The highest BCUT2D eigenvalue weighted by Crippen LogP contribution is 2.33. The number of para-hydroxylation sites is 1. The topological polar surface area (TPSA) is 165 Å². The zero-order valence-corrected chi connectivity index (χ0v) is 22.9. The van der Waals surface area contributed by atoms with Crippen LogP contribution in [0.15, 0.2) is 105 Å². The highest BCUT2D eigenvalue weighted by Gasteiger charge is 2.19. The first kappa shape index (κ1) is 27.8. The predicted molar refractivity (Wildman–Crippen MR) is 161 cm³/mol. The monoisotopic (exact) mass is 591 g/mol. The standard InChI is InChI=1S/C31H21N5O8/c1-42-26-10-5-11-27-23(26)16-29(44-27)30-33-24-9-3-2-8-22(24)31(37)34(30)32-17-19-12-13-28(25(15-19)36(40)41)43-18-20-6-4-7-21(14-20)35(38)39/h2-17H,18H2,1H3. The van der Waals surface area contributed by atoms with Crippen LogP contribution in [-0.2, 0) is 6.61 Å². The molecule has 0 saturated carbocycles. The molecule has 44 heavy (non-hydrogen) atoms. The molecule has 6 rings (SSSR count).